The Kier molecular flexibility index (Phi) is 4.29. The third-order valence-electron chi connectivity index (χ3n) is 5.10. The van der Waals surface area contributed by atoms with E-state index in [-0.39, 0.29) is 12.0 Å². The molecule has 0 radical (unpaired) electrons. The molecule has 1 amide bonds. The van der Waals surface area contributed by atoms with Crippen LogP contribution in [0.25, 0.3) is 0 Å². The molecule has 1 atom stereocenters. The number of amides is 1. The summed E-state index contributed by atoms with van der Waals surface area (Å²) in [4.78, 5) is 11.6. The Morgan fingerprint density at radius 1 is 1.19 bits per heavy atom. The second-order valence-electron chi connectivity index (χ2n) is 6.78. The lowest BCUT2D eigenvalue weighted by atomic mass is 9.78. The van der Waals surface area contributed by atoms with Crippen molar-refractivity contribution in [2.24, 2.45) is 11.8 Å². The fourth-order valence-electron chi connectivity index (χ4n) is 3.65. The first kappa shape index (κ1) is 14.6. The summed E-state index contributed by atoms with van der Waals surface area (Å²) in [6, 6.07) is 6.04. The lowest BCUT2D eigenvalue weighted by Gasteiger charge is -2.30. The molecular formula is C18H25NO2. The number of hydrogen-bond acceptors (Lipinski definition) is 2. The highest BCUT2D eigenvalue weighted by molar-refractivity contribution is 5.92. The molecule has 1 aromatic carbocycles. The van der Waals surface area contributed by atoms with E-state index in [2.05, 4.69) is 18.3 Å². The number of carbonyl (C=O) groups excluding carboxylic acids is 1. The summed E-state index contributed by atoms with van der Waals surface area (Å²) in [5.41, 5.74) is 3.11. The van der Waals surface area contributed by atoms with Gasteiger partial charge in [0.2, 0.25) is 5.91 Å². The molecule has 2 N–H and O–H groups in total. The van der Waals surface area contributed by atoms with Crippen LogP contribution in [0.4, 0.5) is 5.69 Å². The van der Waals surface area contributed by atoms with Crippen LogP contribution in [0.5, 0.6) is 0 Å². The highest BCUT2D eigenvalue weighted by atomic mass is 16.3. The largest absolute Gasteiger partial charge is 0.388 e. The Hall–Kier alpha value is -1.35. The molecule has 3 nitrogen and oxygen atoms in total. The fraction of sp³-hybridized carbons (Fsp3) is 0.611. The van der Waals surface area contributed by atoms with Crippen LogP contribution in [-0.2, 0) is 11.2 Å². The van der Waals surface area contributed by atoms with Crippen molar-refractivity contribution in [2.45, 2.75) is 58.0 Å². The minimum atomic E-state index is -0.359. The maximum Gasteiger partial charge on any atom is 0.224 e. The molecule has 0 bridgehead atoms. The number of carbonyl (C=O) groups is 1. The highest BCUT2D eigenvalue weighted by Crippen LogP contribution is 2.37. The van der Waals surface area contributed by atoms with Crippen molar-refractivity contribution in [1.29, 1.82) is 0 Å². The zero-order valence-corrected chi connectivity index (χ0v) is 12.8. The van der Waals surface area contributed by atoms with Gasteiger partial charge in [0.25, 0.3) is 0 Å². The van der Waals surface area contributed by atoms with Gasteiger partial charge in [-0.1, -0.05) is 31.9 Å². The number of aliphatic hydroxyl groups excluding tert-OH is 1. The summed E-state index contributed by atoms with van der Waals surface area (Å²) in [5.74, 6) is 1.29. The third kappa shape index (κ3) is 3.29. The molecule has 3 rings (SSSR count). The van der Waals surface area contributed by atoms with E-state index < -0.39 is 0 Å². The smallest absolute Gasteiger partial charge is 0.224 e. The summed E-state index contributed by atoms with van der Waals surface area (Å²) < 4.78 is 0. The molecule has 0 spiro atoms. The second-order valence-corrected chi connectivity index (χ2v) is 6.78. The van der Waals surface area contributed by atoms with Gasteiger partial charge in [-0.25, -0.2) is 0 Å². The van der Waals surface area contributed by atoms with Crippen molar-refractivity contribution in [3.8, 4) is 0 Å². The predicted molar refractivity (Wildman–Crippen MR) is 84.1 cm³/mol. The van der Waals surface area contributed by atoms with E-state index in [4.69, 9.17) is 0 Å². The van der Waals surface area contributed by atoms with Crippen molar-refractivity contribution in [3.05, 3.63) is 29.3 Å². The first-order valence-electron chi connectivity index (χ1n) is 8.24. The SMILES string of the molecule is CC1CCC(C(O)c2ccc3c(c2)CCCC(=O)N3)CC1. The summed E-state index contributed by atoms with van der Waals surface area (Å²) in [6.45, 7) is 2.30. The molecule has 1 fully saturated rings. The van der Waals surface area contributed by atoms with E-state index in [1.807, 2.05) is 12.1 Å². The number of rotatable bonds is 2. The van der Waals surface area contributed by atoms with Gasteiger partial charge < -0.3 is 10.4 Å². The van der Waals surface area contributed by atoms with Crippen LogP contribution in [-0.4, -0.2) is 11.0 Å². The van der Waals surface area contributed by atoms with Crippen molar-refractivity contribution in [3.63, 3.8) is 0 Å². The molecule has 114 valence electrons. The molecule has 21 heavy (non-hydrogen) atoms. The Balaban J connectivity index is 1.76. The van der Waals surface area contributed by atoms with Crippen LogP contribution in [0.3, 0.4) is 0 Å². The topological polar surface area (TPSA) is 49.3 Å². The van der Waals surface area contributed by atoms with Crippen LogP contribution < -0.4 is 5.32 Å². The Morgan fingerprint density at radius 3 is 2.71 bits per heavy atom. The molecule has 3 heteroatoms. The van der Waals surface area contributed by atoms with Crippen molar-refractivity contribution < 1.29 is 9.90 Å². The van der Waals surface area contributed by atoms with Gasteiger partial charge in [0.05, 0.1) is 6.10 Å². The van der Waals surface area contributed by atoms with Crippen LogP contribution in [0, 0.1) is 11.8 Å². The van der Waals surface area contributed by atoms with Gasteiger partial charge in [0.15, 0.2) is 0 Å². The number of hydrogen-bond donors (Lipinski definition) is 2. The minimum Gasteiger partial charge on any atom is -0.388 e. The summed E-state index contributed by atoms with van der Waals surface area (Å²) in [7, 11) is 0. The van der Waals surface area contributed by atoms with Crippen LogP contribution in [0.1, 0.15) is 62.7 Å². The fourth-order valence-corrected chi connectivity index (χ4v) is 3.65. The maximum absolute atomic E-state index is 11.6. The quantitative estimate of drug-likeness (QED) is 0.868. The van der Waals surface area contributed by atoms with E-state index in [1.165, 1.54) is 18.4 Å². The summed E-state index contributed by atoms with van der Waals surface area (Å²) >= 11 is 0. The van der Waals surface area contributed by atoms with Crippen LogP contribution in [0.2, 0.25) is 0 Å². The zero-order valence-electron chi connectivity index (χ0n) is 12.8. The normalized spacial score (nSPS) is 27.4. The van der Waals surface area contributed by atoms with Gasteiger partial charge in [0, 0.05) is 12.1 Å². The Morgan fingerprint density at radius 2 is 1.95 bits per heavy atom. The van der Waals surface area contributed by atoms with Crippen molar-refractivity contribution >= 4 is 11.6 Å². The number of anilines is 1. The second kappa shape index (κ2) is 6.18. The number of fused-ring (bicyclic) bond motifs is 1. The average molecular weight is 287 g/mol. The van der Waals surface area contributed by atoms with E-state index in [0.29, 0.717) is 12.3 Å². The Bertz CT molecular complexity index is 518. The van der Waals surface area contributed by atoms with Crippen LogP contribution >= 0.6 is 0 Å². The minimum absolute atomic E-state index is 0.100. The van der Waals surface area contributed by atoms with Crippen LogP contribution in [0.15, 0.2) is 18.2 Å². The lowest BCUT2D eigenvalue weighted by Crippen LogP contribution is -2.19. The zero-order chi connectivity index (χ0) is 14.8. The standard InChI is InChI=1S/C18H25NO2/c1-12-5-7-13(8-6-12)18(21)15-9-10-16-14(11-15)3-2-4-17(20)19-16/h9-13,18,21H,2-8H2,1H3,(H,19,20). The summed E-state index contributed by atoms with van der Waals surface area (Å²) in [5, 5.41) is 13.6. The van der Waals surface area contributed by atoms with Crippen molar-refractivity contribution in [2.75, 3.05) is 5.32 Å². The van der Waals surface area contributed by atoms with Gasteiger partial charge in [-0.15, -0.1) is 0 Å². The molecule has 1 aliphatic heterocycles. The van der Waals surface area contributed by atoms with Gasteiger partial charge in [-0.05, 0) is 54.7 Å². The molecule has 1 aromatic rings. The van der Waals surface area contributed by atoms with E-state index >= 15 is 0 Å². The first-order valence-corrected chi connectivity index (χ1v) is 8.24. The molecule has 1 saturated carbocycles. The highest BCUT2D eigenvalue weighted by Gasteiger charge is 2.26. The molecule has 1 aliphatic carbocycles. The van der Waals surface area contributed by atoms with E-state index in [0.717, 1.165) is 42.9 Å². The lowest BCUT2D eigenvalue weighted by molar-refractivity contribution is -0.116. The number of benzene rings is 1. The Labute approximate surface area is 126 Å². The van der Waals surface area contributed by atoms with Gasteiger partial charge >= 0.3 is 0 Å². The molecule has 2 aliphatic rings. The number of aliphatic hydroxyl groups is 1. The molecule has 0 saturated heterocycles. The monoisotopic (exact) mass is 287 g/mol. The van der Waals surface area contributed by atoms with Gasteiger partial charge in [-0.3, -0.25) is 4.79 Å². The maximum atomic E-state index is 11.6. The number of nitrogens with one attached hydrogen (secondary N) is 1. The molecule has 1 heterocycles. The first-order chi connectivity index (χ1) is 10.1. The van der Waals surface area contributed by atoms with Gasteiger partial charge in [0.1, 0.15) is 0 Å². The van der Waals surface area contributed by atoms with E-state index in [9.17, 15) is 9.90 Å². The molecule has 0 aromatic heterocycles. The van der Waals surface area contributed by atoms with Gasteiger partial charge in [-0.2, -0.15) is 0 Å². The van der Waals surface area contributed by atoms with Crippen molar-refractivity contribution in [1.82, 2.24) is 0 Å². The molecule has 1 unspecified atom stereocenters. The van der Waals surface area contributed by atoms with E-state index in [1.54, 1.807) is 0 Å². The average Bonchev–Trinajstić information content (AvgIpc) is 2.67. The predicted octanol–water partition coefficient (Wildman–Crippen LogP) is 3.82. The summed E-state index contributed by atoms with van der Waals surface area (Å²) in [6.07, 6.45) is 6.72. The number of aryl methyl sites for hydroxylation is 1. The molecular weight excluding hydrogens is 262 g/mol. The third-order valence-corrected chi connectivity index (χ3v) is 5.10.